The molecule has 9 heavy (non-hydrogen) atoms. The van der Waals surface area contributed by atoms with E-state index in [9.17, 15) is 0 Å². The number of rotatable bonds is 1. The molecule has 1 aliphatic heterocycles. The molecule has 0 radical (unpaired) electrons. The minimum absolute atomic E-state index is 0.446. The number of thioether (sulfide) groups is 1. The molecule has 0 bridgehead atoms. The smallest absolute Gasteiger partial charge is 0.0265 e. The summed E-state index contributed by atoms with van der Waals surface area (Å²) in [6.07, 6.45) is 1.31. The third kappa shape index (κ3) is 1.56. The summed E-state index contributed by atoms with van der Waals surface area (Å²) in [5.41, 5.74) is 0. The van der Waals surface area contributed by atoms with E-state index in [4.69, 9.17) is 11.6 Å². The SMILES string of the molecule is CC1(C)SCCC1CCl. The van der Waals surface area contributed by atoms with E-state index in [1.165, 1.54) is 12.2 Å². The van der Waals surface area contributed by atoms with Gasteiger partial charge in [-0.1, -0.05) is 13.8 Å². The highest BCUT2D eigenvalue weighted by atomic mass is 35.5. The van der Waals surface area contributed by atoms with Gasteiger partial charge >= 0.3 is 0 Å². The van der Waals surface area contributed by atoms with Gasteiger partial charge in [0.15, 0.2) is 0 Å². The fraction of sp³-hybridized carbons (Fsp3) is 1.00. The quantitative estimate of drug-likeness (QED) is 0.538. The third-order valence-corrected chi connectivity index (χ3v) is 4.00. The molecule has 54 valence electrons. The van der Waals surface area contributed by atoms with Crippen LogP contribution in [0.25, 0.3) is 0 Å². The first kappa shape index (κ1) is 7.74. The van der Waals surface area contributed by atoms with Gasteiger partial charge in [0.05, 0.1) is 0 Å². The summed E-state index contributed by atoms with van der Waals surface area (Å²) in [7, 11) is 0. The van der Waals surface area contributed by atoms with Gasteiger partial charge in [-0.2, -0.15) is 11.8 Å². The van der Waals surface area contributed by atoms with Gasteiger partial charge in [0, 0.05) is 10.6 Å². The van der Waals surface area contributed by atoms with Crippen molar-refractivity contribution in [3.05, 3.63) is 0 Å². The summed E-state index contributed by atoms with van der Waals surface area (Å²) in [6, 6.07) is 0. The van der Waals surface area contributed by atoms with Crippen LogP contribution in [0.4, 0.5) is 0 Å². The van der Waals surface area contributed by atoms with Crippen LogP contribution >= 0.6 is 23.4 Å². The lowest BCUT2D eigenvalue weighted by molar-refractivity contribution is 0.483. The van der Waals surface area contributed by atoms with Crippen molar-refractivity contribution < 1.29 is 0 Å². The molecule has 0 N–H and O–H groups in total. The van der Waals surface area contributed by atoms with Crippen LogP contribution in [0.1, 0.15) is 20.3 Å². The van der Waals surface area contributed by atoms with Crippen LogP contribution < -0.4 is 0 Å². The molecular formula is C7H13ClS. The molecule has 2 heteroatoms. The van der Waals surface area contributed by atoms with Crippen LogP contribution in [-0.4, -0.2) is 16.4 Å². The molecule has 0 spiro atoms. The van der Waals surface area contributed by atoms with Crippen molar-refractivity contribution in [1.82, 2.24) is 0 Å². The number of alkyl halides is 1. The first-order valence-corrected chi connectivity index (χ1v) is 4.89. The number of hydrogen-bond acceptors (Lipinski definition) is 1. The molecule has 1 saturated heterocycles. The molecular weight excluding hydrogens is 152 g/mol. The molecule has 1 atom stereocenters. The summed E-state index contributed by atoms with van der Waals surface area (Å²) in [5.74, 6) is 2.87. The second kappa shape index (κ2) is 2.71. The summed E-state index contributed by atoms with van der Waals surface area (Å²) >= 11 is 7.83. The van der Waals surface area contributed by atoms with Crippen LogP contribution in [0.3, 0.4) is 0 Å². The first-order valence-electron chi connectivity index (χ1n) is 3.37. The van der Waals surface area contributed by atoms with Crippen molar-refractivity contribution in [2.24, 2.45) is 5.92 Å². The number of hydrogen-bond donors (Lipinski definition) is 0. The zero-order valence-electron chi connectivity index (χ0n) is 5.98. The zero-order valence-corrected chi connectivity index (χ0v) is 7.56. The average molecular weight is 165 g/mol. The van der Waals surface area contributed by atoms with Gasteiger partial charge < -0.3 is 0 Å². The van der Waals surface area contributed by atoms with E-state index in [0.717, 1.165) is 11.8 Å². The lowest BCUT2D eigenvalue weighted by Crippen LogP contribution is -2.22. The van der Waals surface area contributed by atoms with Crippen LogP contribution in [0.5, 0.6) is 0 Å². The maximum Gasteiger partial charge on any atom is 0.0265 e. The van der Waals surface area contributed by atoms with E-state index < -0.39 is 0 Å². The Balaban J connectivity index is 2.52. The minimum atomic E-state index is 0.446. The van der Waals surface area contributed by atoms with Gasteiger partial charge in [0.2, 0.25) is 0 Å². The molecule has 0 aromatic rings. The van der Waals surface area contributed by atoms with Gasteiger partial charge in [0.25, 0.3) is 0 Å². The lowest BCUT2D eigenvalue weighted by atomic mass is 9.95. The van der Waals surface area contributed by atoms with Gasteiger partial charge in [-0.3, -0.25) is 0 Å². The van der Waals surface area contributed by atoms with Gasteiger partial charge in [0.1, 0.15) is 0 Å². The Morgan fingerprint density at radius 2 is 2.33 bits per heavy atom. The summed E-state index contributed by atoms with van der Waals surface area (Å²) < 4.78 is 0.446. The third-order valence-electron chi connectivity index (χ3n) is 2.11. The second-order valence-electron chi connectivity index (χ2n) is 3.09. The largest absolute Gasteiger partial charge is 0.155 e. The highest BCUT2D eigenvalue weighted by molar-refractivity contribution is 8.00. The predicted molar refractivity (Wildman–Crippen MR) is 45.4 cm³/mol. The van der Waals surface area contributed by atoms with Gasteiger partial charge in [-0.05, 0) is 18.1 Å². The molecule has 0 amide bonds. The Bertz CT molecular complexity index is 101. The van der Waals surface area contributed by atoms with E-state index in [-0.39, 0.29) is 0 Å². The Labute approximate surface area is 66.3 Å². The van der Waals surface area contributed by atoms with Crippen molar-refractivity contribution in [1.29, 1.82) is 0 Å². The topological polar surface area (TPSA) is 0 Å². The van der Waals surface area contributed by atoms with E-state index in [1.54, 1.807) is 0 Å². The Hall–Kier alpha value is 0.640. The van der Waals surface area contributed by atoms with E-state index >= 15 is 0 Å². The van der Waals surface area contributed by atoms with Crippen LogP contribution in [0.2, 0.25) is 0 Å². The van der Waals surface area contributed by atoms with Gasteiger partial charge in [-0.25, -0.2) is 0 Å². The molecule has 0 saturated carbocycles. The first-order chi connectivity index (χ1) is 4.17. The highest BCUT2D eigenvalue weighted by Gasteiger charge is 2.34. The average Bonchev–Trinajstić information content (AvgIpc) is 2.08. The molecule has 0 aromatic carbocycles. The molecule has 0 nitrogen and oxygen atoms in total. The lowest BCUT2D eigenvalue weighted by Gasteiger charge is -2.23. The van der Waals surface area contributed by atoms with Crippen molar-refractivity contribution >= 4 is 23.4 Å². The van der Waals surface area contributed by atoms with Crippen molar-refractivity contribution in [2.75, 3.05) is 11.6 Å². The van der Waals surface area contributed by atoms with Gasteiger partial charge in [-0.15, -0.1) is 11.6 Å². The van der Waals surface area contributed by atoms with Crippen LogP contribution in [0.15, 0.2) is 0 Å². The van der Waals surface area contributed by atoms with Crippen molar-refractivity contribution in [3.8, 4) is 0 Å². The predicted octanol–water partition coefficient (Wildman–Crippen LogP) is 2.76. The van der Waals surface area contributed by atoms with E-state index in [0.29, 0.717) is 4.75 Å². The fourth-order valence-corrected chi connectivity index (χ4v) is 3.19. The van der Waals surface area contributed by atoms with Crippen LogP contribution in [0, 0.1) is 5.92 Å². The zero-order chi connectivity index (χ0) is 6.91. The summed E-state index contributed by atoms with van der Waals surface area (Å²) in [4.78, 5) is 0. The standard InChI is InChI=1S/C7H13ClS/c1-7(2)6(5-8)3-4-9-7/h6H,3-5H2,1-2H3. The summed E-state index contributed by atoms with van der Waals surface area (Å²) in [5, 5.41) is 0. The van der Waals surface area contributed by atoms with E-state index in [2.05, 4.69) is 13.8 Å². The second-order valence-corrected chi connectivity index (χ2v) is 5.15. The molecule has 1 unspecified atom stereocenters. The normalized spacial score (nSPS) is 33.0. The Kier molecular flexibility index (Phi) is 2.33. The molecule has 0 aliphatic carbocycles. The monoisotopic (exact) mass is 164 g/mol. The maximum atomic E-state index is 5.78. The molecule has 1 heterocycles. The maximum absolute atomic E-state index is 5.78. The molecule has 1 fully saturated rings. The fourth-order valence-electron chi connectivity index (χ4n) is 1.19. The summed E-state index contributed by atoms with van der Waals surface area (Å²) in [6.45, 7) is 4.58. The highest BCUT2D eigenvalue weighted by Crippen LogP contribution is 2.42. The Morgan fingerprint density at radius 3 is 2.56 bits per heavy atom. The van der Waals surface area contributed by atoms with Crippen LogP contribution in [-0.2, 0) is 0 Å². The van der Waals surface area contributed by atoms with E-state index in [1.807, 2.05) is 11.8 Å². The Morgan fingerprint density at radius 1 is 1.67 bits per heavy atom. The molecule has 1 rings (SSSR count). The van der Waals surface area contributed by atoms with Crippen molar-refractivity contribution in [3.63, 3.8) is 0 Å². The minimum Gasteiger partial charge on any atom is -0.155 e. The number of halogens is 1. The molecule has 0 aromatic heterocycles. The molecule has 1 aliphatic rings. The van der Waals surface area contributed by atoms with Crippen molar-refractivity contribution in [2.45, 2.75) is 25.0 Å².